The van der Waals surface area contributed by atoms with Gasteiger partial charge in [0.25, 0.3) is 0 Å². The van der Waals surface area contributed by atoms with Crippen molar-refractivity contribution in [2.45, 2.75) is 0 Å². The summed E-state index contributed by atoms with van der Waals surface area (Å²) in [6, 6.07) is 3.25. The molecular formula is C8H6O2S2. The van der Waals surface area contributed by atoms with Crippen molar-refractivity contribution in [1.29, 1.82) is 0 Å². The van der Waals surface area contributed by atoms with Gasteiger partial charge < -0.3 is 5.11 Å². The van der Waals surface area contributed by atoms with Gasteiger partial charge in [0, 0.05) is 0 Å². The third-order valence-electron chi connectivity index (χ3n) is 1.11. The first kappa shape index (κ1) is 9.17. The van der Waals surface area contributed by atoms with E-state index in [-0.39, 0.29) is 0 Å². The highest BCUT2D eigenvalue weighted by Crippen LogP contribution is 2.14. The molecule has 0 amide bonds. The van der Waals surface area contributed by atoms with Crippen LogP contribution in [0.3, 0.4) is 0 Å². The van der Waals surface area contributed by atoms with Crippen LogP contribution in [0.25, 0.3) is 0 Å². The predicted molar refractivity (Wildman–Crippen MR) is 52.0 cm³/mol. The zero-order valence-corrected chi connectivity index (χ0v) is 7.78. The minimum Gasteiger partial charge on any atom is -0.477 e. The summed E-state index contributed by atoms with van der Waals surface area (Å²) in [6.07, 6.45) is 0. The maximum Gasteiger partial charge on any atom is 0.345 e. The largest absolute Gasteiger partial charge is 0.477 e. The maximum absolute atomic E-state index is 10.4. The first-order valence-electron chi connectivity index (χ1n) is 3.17. The quantitative estimate of drug-likeness (QED) is 0.532. The highest BCUT2D eigenvalue weighted by atomic mass is 32.1. The van der Waals surface area contributed by atoms with Crippen LogP contribution in [0.2, 0.25) is 0 Å². The lowest BCUT2D eigenvalue weighted by Crippen LogP contribution is -1.89. The minimum atomic E-state index is -0.904. The van der Waals surface area contributed by atoms with Crippen LogP contribution in [0.1, 0.15) is 14.5 Å². The van der Waals surface area contributed by atoms with E-state index in [9.17, 15) is 4.79 Å². The summed E-state index contributed by atoms with van der Waals surface area (Å²) in [5.74, 6) is 5.13. The number of hydrogen-bond donors (Lipinski definition) is 2. The van der Waals surface area contributed by atoms with Gasteiger partial charge >= 0.3 is 5.97 Å². The summed E-state index contributed by atoms with van der Waals surface area (Å²) in [6.45, 7) is 0. The third-order valence-corrected chi connectivity index (χ3v) is 2.25. The van der Waals surface area contributed by atoms with Crippen LogP contribution >= 0.6 is 24.0 Å². The van der Waals surface area contributed by atoms with Crippen LogP contribution in [0.15, 0.2) is 12.1 Å². The molecular weight excluding hydrogens is 192 g/mol. The summed E-state index contributed by atoms with van der Waals surface area (Å²) < 4.78 is 0. The molecule has 0 spiro atoms. The molecule has 1 aromatic rings. The van der Waals surface area contributed by atoms with Crippen molar-refractivity contribution in [3.63, 3.8) is 0 Å². The molecule has 12 heavy (non-hydrogen) atoms. The third kappa shape index (κ3) is 2.29. The standard InChI is InChI=1S/C8H6O2S2/c9-8(10)7-4-3-6(12-7)2-1-5-11/h3-4,11H,5H2,(H,9,10). The molecule has 0 aromatic carbocycles. The monoisotopic (exact) mass is 198 g/mol. The van der Waals surface area contributed by atoms with E-state index < -0.39 is 5.97 Å². The molecule has 2 nitrogen and oxygen atoms in total. The number of thiophene rings is 1. The Morgan fingerprint density at radius 1 is 1.67 bits per heavy atom. The topological polar surface area (TPSA) is 37.3 Å². The van der Waals surface area contributed by atoms with Crippen LogP contribution in [-0.4, -0.2) is 16.8 Å². The molecule has 0 saturated heterocycles. The number of rotatable bonds is 1. The lowest BCUT2D eigenvalue weighted by molar-refractivity contribution is 0.0702. The first-order chi connectivity index (χ1) is 5.74. The SMILES string of the molecule is O=C(O)c1ccc(C#CCS)s1. The van der Waals surface area contributed by atoms with Crippen LogP contribution < -0.4 is 0 Å². The van der Waals surface area contributed by atoms with Gasteiger partial charge in [0.05, 0.1) is 10.6 Å². The van der Waals surface area contributed by atoms with Crippen LogP contribution in [0.4, 0.5) is 0 Å². The Hall–Kier alpha value is -0.920. The highest BCUT2D eigenvalue weighted by Gasteiger charge is 2.04. The molecule has 1 heterocycles. The Bertz CT molecular complexity index is 343. The smallest absolute Gasteiger partial charge is 0.345 e. The second-order valence-corrected chi connectivity index (χ2v) is 3.33. The molecule has 62 valence electrons. The van der Waals surface area contributed by atoms with Gasteiger partial charge in [-0.05, 0) is 12.1 Å². The van der Waals surface area contributed by atoms with E-state index in [0.29, 0.717) is 10.6 Å². The average Bonchev–Trinajstić information content (AvgIpc) is 2.48. The number of carboxylic acids is 1. The summed E-state index contributed by atoms with van der Waals surface area (Å²) >= 11 is 5.09. The number of aromatic carboxylic acids is 1. The Morgan fingerprint density at radius 3 is 2.92 bits per heavy atom. The van der Waals surface area contributed by atoms with Crippen molar-refractivity contribution in [3.8, 4) is 11.8 Å². The zero-order chi connectivity index (χ0) is 8.97. The van der Waals surface area contributed by atoms with Crippen molar-refractivity contribution >= 4 is 29.9 Å². The Balaban J connectivity index is 2.84. The fraction of sp³-hybridized carbons (Fsp3) is 0.125. The maximum atomic E-state index is 10.4. The van der Waals surface area contributed by atoms with E-state index >= 15 is 0 Å². The number of carbonyl (C=O) groups is 1. The minimum absolute atomic E-state index is 0.318. The highest BCUT2D eigenvalue weighted by molar-refractivity contribution is 7.80. The van der Waals surface area contributed by atoms with E-state index in [1.54, 1.807) is 12.1 Å². The van der Waals surface area contributed by atoms with E-state index in [4.69, 9.17) is 5.11 Å². The molecule has 1 aromatic heterocycles. The van der Waals surface area contributed by atoms with Crippen molar-refractivity contribution < 1.29 is 9.90 Å². The normalized spacial score (nSPS) is 8.75. The average molecular weight is 198 g/mol. The van der Waals surface area contributed by atoms with E-state index in [1.807, 2.05) is 0 Å². The van der Waals surface area contributed by atoms with Gasteiger partial charge in [0.1, 0.15) is 4.88 Å². The number of thiol groups is 1. The van der Waals surface area contributed by atoms with Gasteiger partial charge in [0.15, 0.2) is 0 Å². The van der Waals surface area contributed by atoms with Crippen molar-refractivity contribution in [1.82, 2.24) is 0 Å². The lowest BCUT2D eigenvalue weighted by atomic mass is 10.4. The molecule has 0 fully saturated rings. The zero-order valence-electron chi connectivity index (χ0n) is 6.07. The molecule has 0 aliphatic heterocycles. The number of carboxylic acid groups (broad SMARTS) is 1. The van der Waals surface area contributed by atoms with Gasteiger partial charge in [0.2, 0.25) is 0 Å². The van der Waals surface area contributed by atoms with Crippen molar-refractivity contribution in [3.05, 3.63) is 21.9 Å². The summed E-state index contributed by atoms with van der Waals surface area (Å²) in [5, 5.41) is 8.57. The van der Waals surface area contributed by atoms with Gasteiger partial charge in [-0.1, -0.05) is 11.8 Å². The summed E-state index contributed by atoms with van der Waals surface area (Å²) in [7, 11) is 0. The molecule has 0 aliphatic carbocycles. The van der Waals surface area contributed by atoms with Crippen LogP contribution in [-0.2, 0) is 0 Å². The molecule has 1 rings (SSSR count). The molecule has 0 unspecified atom stereocenters. The first-order valence-corrected chi connectivity index (χ1v) is 4.62. The van der Waals surface area contributed by atoms with Gasteiger partial charge in [-0.25, -0.2) is 4.79 Å². The number of hydrogen-bond acceptors (Lipinski definition) is 3. The Kier molecular flexibility index (Phi) is 3.20. The summed E-state index contributed by atoms with van der Waals surface area (Å²) in [5.41, 5.74) is 0. The molecule has 0 aliphatic rings. The Labute approximate surface area is 79.6 Å². The lowest BCUT2D eigenvalue weighted by Gasteiger charge is -1.80. The molecule has 0 saturated carbocycles. The van der Waals surface area contributed by atoms with E-state index in [0.717, 1.165) is 4.88 Å². The fourth-order valence-corrected chi connectivity index (χ4v) is 1.45. The fourth-order valence-electron chi connectivity index (χ4n) is 0.647. The van der Waals surface area contributed by atoms with Gasteiger partial charge in [-0.2, -0.15) is 12.6 Å². The van der Waals surface area contributed by atoms with E-state index in [2.05, 4.69) is 24.5 Å². The molecule has 4 heteroatoms. The predicted octanol–water partition coefficient (Wildman–Crippen LogP) is 1.73. The Morgan fingerprint density at radius 2 is 2.42 bits per heavy atom. The summed E-state index contributed by atoms with van der Waals surface area (Å²) in [4.78, 5) is 11.5. The van der Waals surface area contributed by atoms with Crippen molar-refractivity contribution in [2.75, 3.05) is 5.75 Å². The van der Waals surface area contributed by atoms with Crippen LogP contribution in [0, 0.1) is 11.8 Å². The second-order valence-electron chi connectivity index (χ2n) is 1.93. The molecule has 0 bridgehead atoms. The molecule has 1 N–H and O–H groups in total. The van der Waals surface area contributed by atoms with Crippen molar-refractivity contribution in [2.24, 2.45) is 0 Å². The van der Waals surface area contributed by atoms with Gasteiger partial charge in [-0.3, -0.25) is 0 Å². The molecule has 0 radical (unpaired) electrons. The second kappa shape index (κ2) is 4.19. The van der Waals surface area contributed by atoms with Gasteiger partial charge in [-0.15, -0.1) is 11.3 Å². The van der Waals surface area contributed by atoms with E-state index in [1.165, 1.54) is 11.3 Å². The molecule has 0 atom stereocenters. The van der Waals surface area contributed by atoms with Crippen LogP contribution in [0.5, 0.6) is 0 Å².